The Morgan fingerprint density at radius 2 is 1.83 bits per heavy atom. The summed E-state index contributed by atoms with van der Waals surface area (Å²) in [6.07, 6.45) is 2.84. The number of fused-ring (bicyclic) bond motifs is 3. The predicted molar refractivity (Wildman–Crippen MR) is 113 cm³/mol. The minimum absolute atomic E-state index is 0.244. The van der Waals surface area contributed by atoms with E-state index in [0.29, 0.717) is 36.8 Å². The van der Waals surface area contributed by atoms with Crippen molar-refractivity contribution in [1.82, 2.24) is 18.7 Å². The second-order valence-electron chi connectivity index (χ2n) is 7.32. The maximum absolute atomic E-state index is 13.1. The molecule has 0 saturated carbocycles. The number of nitrogens with zero attached hydrogens (tertiary/aromatic N) is 5. The van der Waals surface area contributed by atoms with Gasteiger partial charge in [-0.25, -0.2) is 4.79 Å². The third kappa shape index (κ3) is 3.22. The van der Waals surface area contributed by atoms with E-state index < -0.39 is 0 Å². The predicted octanol–water partition coefficient (Wildman–Crippen LogP) is 2.64. The number of ether oxygens (including phenoxy) is 1. The number of benzene rings is 1. The summed E-state index contributed by atoms with van der Waals surface area (Å²) in [4.78, 5) is 32.6. The first-order valence-electron chi connectivity index (χ1n) is 10.3. The molecule has 0 N–H and O–H groups in total. The average molecular weight is 397 g/mol. The number of hydrogen-bond donors (Lipinski definition) is 0. The second-order valence-corrected chi connectivity index (χ2v) is 7.32. The van der Waals surface area contributed by atoms with Gasteiger partial charge >= 0.3 is 5.69 Å². The number of hydrogen-bond acceptors (Lipinski definition) is 5. The highest BCUT2D eigenvalue weighted by Crippen LogP contribution is 2.32. The summed E-state index contributed by atoms with van der Waals surface area (Å²) in [5.74, 6) is 1.52. The van der Waals surface area contributed by atoms with Gasteiger partial charge in [-0.05, 0) is 37.6 Å². The number of aromatic nitrogens is 4. The van der Waals surface area contributed by atoms with Crippen molar-refractivity contribution in [1.29, 1.82) is 0 Å². The SMILES string of the molecule is CCCCCn1c(=O)c2c(nc3n2CCN3c2ccc(OCC)cc2)n(C)c1=O. The molecule has 3 heterocycles. The highest BCUT2D eigenvalue weighted by atomic mass is 16.5. The summed E-state index contributed by atoms with van der Waals surface area (Å²) in [5.41, 5.74) is 1.38. The molecular weight excluding hydrogens is 370 g/mol. The topological polar surface area (TPSA) is 74.3 Å². The molecule has 1 aliphatic heterocycles. The Balaban J connectivity index is 1.78. The van der Waals surface area contributed by atoms with Crippen molar-refractivity contribution in [3.05, 3.63) is 45.1 Å². The third-order valence-electron chi connectivity index (χ3n) is 5.45. The number of rotatable bonds is 7. The Morgan fingerprint density at radius 1 is 1.07 bits per heavy atom. The van der Waals surface area contributed by atoms with Crippen LogP contribution >= 0.6 is 0 Å². The van der Waals surface area contributed by atoms with E-state index in [1.807, 2.05) is 35.8 Å². The number of unbranched alkanes of at least 4 members (excludes halogenated alkanes) is 2. The Kier molecular flexibility index (Phi) is 5.17. The van der Waals surface area contributed by atoms with Crippen LogP contribution in [0.15, 0.2) is 33.9 Å². The summed E-state index contributed by atoms with van der Waals surface area (Å²) in [5, 5.41) is 0. The van der Waals surface area contributed by atoms with Gasteiger partial charge in [-0.1, -0.05) is 19.8 Å². The van der Waals surface area contributed by atoms with Crippen LogP contribution in [-0.2, 0) is 20.1 Å². The molecule has 0 spiro atoms. The average Bonchev–Trinajstić information content (AvgIpc) is 3.29. The van der Waals surface area contributed by atoms with Gasteiger partial charge in [-0.15, -0.1) is 0 Å². The van der Waals surface area contributed by atoms with Gasteiger partial charge < -0.3 is 14.2 Å². The first kappa shape index (κ1) is 19.3. The Bertz CT molecular complexity index is 1140. The van der Waals surface area contributed by atoms with Crippen LogP contribution in [0.4, 0.5) is 11.6 Å². The zero-order chi connectivity index (χ0) is 20.5. The van der Waals surface area contributed by atoms with Crippen molar-refractivity contribution >= 4 is 22.8 Å². The lowest BCUT2D eigenvalue weighted by molar-refractivity contribution is 0.340. The molecule has 154 valence electrons. The summed E-state index contributed by atoms with van der Waals surface area (Å²) < 4.78 is 10.3. The second kappa shape index (κ2) is 7.77. The first-order valence-corrected chi connectivity index (χ1v) is 10.3. The summed E-state index contributed by atoms with van der Waals surface area (Å²) in [7, 11) is 1.68. The first-order chi connectivity index (χ1) is 14.1. The van der Waals surface area contributed by atoms with E-state index in [-0.39, 0.29) is 11.2 Å². The van der Waals surface area contributed by atoms with E-state index in [4.69, 9.17) is 4.74 Å². The van der Waals surface area contributed by atoms with Gasteiger partial charge in [0.1, 0.15) is 5.75 Å². The quantitative estimate of drug-likeness (QED) is 0.573. The molecule has 8 nitrogen and oxygen atoms in total. The normalized spacial score (nSPS) is 13.3. The zero-order valence-electron chi connectivity index (χ0n) is 17.2. The molecule has 0 radical (unpaired) electrons. The van der Waals surface area contributed by atoms with Gasteiger partial charge in [0.05, 0.1) is 6.61 Å². The molecule has 3 aromatic rings. The van der Waals surface area contributed by atoms with Crippen LogP contribution in [-0.4, -0.2) is 31.8 Å². The van der Waals surface area contributed by atoms with E-state index in [2.05, 4.69) is 16.8 Å². The highest BCUT2D eigenvalue weighted by molar-refractivity contribution is 5.77. The van der Waals surface area contributed by atoms with Crippen molar-refractivity contribution in [2.45, 2.75) is 46.2 Å². The van der Waals surface area contributed by atoms with Gasteiger partial charge in [0, 0.05) is 32.4 Å². The van der Waals surface area contributed by atoms with E-state index in [0.717, 1.165) is 37.2 Å². The minimum Gasteiger partial charge on any atom is -0.494 e. The van der Waals surface area contributed by atoms with Crippen LogP contribution in [0.5, 0.6) is 5.75 Å². The Hall–Kier alpha value is -3.03. The largest absolute Gasteiger partial charge is 0.494 e. The lowest BCUT2D eigenvalue weighted by Gasteiger charge is -2.16. The third-order valence-corrected chi connectivity index (χ3v) is 5.45. The molecule has 0 saturated heterocycles. The fourth-order valence-corrected chi connectivity index (χ4v) is 3.93. The molecule has 29 heavy (non-hydrogen) atoms. The van der Waals surface area contributed by atoms with Crippen molar-refractivity contribution in [2.24, 2.45) is 7.05 Å². The van der Waals surface area contributed by atoms with Crippen LogP contribution in [0.2, 0.25) is 0 Å². The molecule has 8 heteroatoms. The summed E-state index contributed by atoms with van der Waals surface area (Å²) in [6.45, 7) is 6.50. The molecule has 4 rings (SSSR count). The molecular formula is C21H27N5O3. The van der Waals surface area contributed by atoms with Crippen molar-refractivity contribution in [3.63, 3.8) is 0 Å². The fraction of sp³-hybridized carbons (Fsp3) is 0.476. The van der Waals surface area contributed by atoms with Crippen LogP contribution in [0.25, 0.3) is 11.2 Å². The molecule has 0 atom stereocenters. The van der Waals surface area contributed by atoms with Crippen molar-refractivity contribution in [2.75, 3.05) is 18.1 Å². The van der Waals surface area contributed by atoms with Crippen molar-refractivity contribution < 1.29 is 4.74 Å². The molecule has 1 aromatic carbocycles. The van der Waals surface area contributed by atoms with E-state index in [9.17, 15) is 9.59 Å². The van der Waals surface area contributed by atoms with E-state index in [1.54, 1.807) is 7.05 Å². The number of aryl methyl sites for hydroxylation is 1. The smallest absolute Gasteiger partial charge is 0.332 e. The van der Waals surface area contributed by atoms with Crippen LogP contribution in [0.3, 0.4) is 0 Å². The van der Waals surface area contributed by atoms with Crippen LogP contribution in [0, 0.1) is 0 Å². The van der Waals surface area contributed by atoms with Gasteiger partial charge in [0.25, 0.3) is 5.56 Å². The van der Waals surface area contributed by atoms with Gasteiger partial charge in [-0.2, -0.15) is 4.98 Å². The number of anilines is 2. The van der Waals surface area contributed by atoms with Gasteiger partial charge in [0.15, 0.2) is 11.2 Å². The standard InChI is InChI=1S/C21H27N5O3/c1-4-6-7-12-26-19(27)17-18(23(3)21(26)28)22-20-24(13-14-25(17)20)15-8-10-16(11-9-15)29-5-2/h8-11H,4-7,12-14H2,1-3H3. The minimum atomic E-state index is -0.303. The molecule has 0 amide bonds. The molecule has 0 bridgehead atoms. The molecule has 0 aliphatic carbocycles. The molecule has 1 aliphatic rings. The van der Waals surface area contributed by atoms with E-state index in [1.165, 1.54) is 9.13 Å². The van der Waals surface area contributed by atoms with E-state index >= 15 is 0 Å². The Labute approximate surface area is 169 Å². The zero-order valence-corrected chi connectivity index (χ0v) is 17.2. The molecule has 2 aromatic heterocycles. The molecule has 0 unspecified atom stereocenters. The maximum atomic E-state index is 13.1. The van der Waals surface area contributed by atoms with Crippen LogP contribution < -0.4 is 20.9 Å². The lowest BCUT2D eigenvalue weighted by Crippen LogP contribution is -2.39. The number of imidazole rings is 1. The highest BCUT2D eigenvalue weighted by Gasteiger charge is 2.28. The summed E-state index contributed by atoms with van der Waals surface area (Å²) in [6, 6.07) is 7.84. The monoisotopic (exact) mass is 397 g/mol. The van der Waals surface area contributed by atoms with Crippen LogP contribution in [0.1, 0.15) is 33.1 Å². The maximum Gasteiger partial charge on any atom is 0.332 e. The fourth-order valence-electron chi connectivity index (χ4n) is 3.93. The Morgan fingerprint density at radius 3 is 2.52 bits per heavy atom. The lowest BCUT2D eigenvalue weighted by atomic mass is 10.2. The molecule has 0 fully saturated rings. The van der Waals surface area contributed by atoms with Crippen molar-refractivity contribution in [3.8, 4) is 5.75 Å². The van der Waals surface area contributed by atoms with Gasteiger partial charge in [-0.3, -0.25) is 13.9 Å². The van der Waals surface area contributed by atoms with Gasteiger partial charge in [0.2, 0.25) is 5.95 Å². The summed E-state index contributed by atoms with van der Waals surface area (Å²) >= 11 is 0.